The van der Waals surface area contributed by atoms with Gasteiger partial charge in [0.15, 0.2) is 5.82 Å². The van der Waals surface area contributed by atoms with Gasteiger partial charge in [0.05, 0.1) is 12.2 Å². The highest BCUT2D eigenvalue weighted by Crippen LogP contribution is 2.28. The van der Waals surface area contributed by atoms with Crippen LogP contribution in [-0.4, -0.2) is 15.9 Å². The summed E-state index contributed by atoms with van der Waals surface area (Å²) >= 11 is 5.11. The van der Waals surface area contributed by atoms with Crippen LogP contribution in [0.2, 0.25) is 0 Å². The van der Waals surface area contributed by atoms with Gasteiger partial charge in [-0.15, -0.1) is 11.8 Å². The molecule has 0 atom stereocenters. The second kappa shape index (κ2) is 6.86. The molecular weight excluding hydrogens is 328 g/mol. The smallest absolute Gasteiger partial charge is 0.234 e. The van der Waals surface area contributed by atoms with Crippen molar-refractivity contribution >= 4 is 33.5 Å². The summed E-state index contributed by atoms with van der Waals surface area (Å²) in [6, 6.07) is 7.96. The third-order valence-electron chi connectivity index (χ3n) is 2.45. The Labute approximate surface area is 124 Å². The van der Waals surface area contributed by atoms with E-state index < -0.39 is 0 Å². The number of Topliss-reactive ketones (excluding diaryl/α,β-unsaturated/α-hetero) is 1. The second-order valence-electron chi connectivity index (χ2n) is 3.89. The van der Waals surface area contributed by atoms with Crippen molar-refractivity contribution in [1.29, 1.82) is 0 Å². The van der Waals surface area contributed by atoms with E-state index in [2.05, 4.69) is 26.1 Å². The highest BCUT2D eigenvalue weighted by molar-refractivity contribution is 9.10. The number of halogens is 1. The molecule has 0 saturated carbocycles. The minimum Gasteiger partial charge on any atom is -0.339 e. The van der Waals surface area contributed by atoms with Crippen LogP contribution in [0.3, 0.4) is 0 Å². The normalized spacial score (nSPS) is 10.6. The summed E-state index contributed by atoms with van der Waals surface area (Å²) in [6.45, 7) is 1.82. The molecule has 0 radical (unpaired) electrons. The van der Waals surface area contributed by atoms with Crippen molar-refractivity contribution in [3.8, 4) is 0 Å². The first-order valence-corrected chi connectivity index (χ1v) is 7.67. The van der Waals surface area contributed by atoms with E-state index in [0.717, 1.165) is 9.37 Å². The number of nitrogens with zero attached hydrogens (tertiary/aromatic N) is 2. The molecule has 19 heavy (non-hydrogen) atoms. The Morgan fingerprint density at radius 2 is 2.21 bits per heavy atom. The van der Waals surface area contributed by atoms with Gasteiger partial charge in [0.25, 0.3) is 0 Å². The van der Waals surface area contributed by atoms with Gasteiger partial charge in [-0.25, -0.2) is 0 Å². The van der Waals surface area contributed by atoms with Crippen LogP contribution in [0.1, 0.15) is 25.1 Å². The fourth-order valence-electron chi connectivity index (χ4n) is 1.42. The summed E-state index contributed by atoms with van der Waals surface area (Å²) in [7, 11) is 0. The minimum atomic E-state index is 0.105. The molecule has 2 aromatic rings. The van der Waals surface area contributed by atoms with E-state index in [4.69, 9.17) is 4.52 Å². The number of carbonyl (C=O) groups excluding carboxylic acids is 1. The Hall–Kier alpha value is -1.14. The Morgan fingerprint density at radius 1 is 1.42 bits per heavy atom. The van der Waals surface area contributed by atoms with Crippen LogP contribution in [0.15, 0.2) is 38.2 Å². The predicted octanol–water partition coefficient (Wildman–Crippen LogP) is 3.65. The number of aromatic nitrogens is 2. The molecule has 0 spiro atoms. The van der Waals surface area contributed by atoms with E-state index in [-0.39, 0.29) is 12.2 Å². The average molecular weight is 341 g/mol. The van der Waals surface area contributed by atoms with Crippen molar-refractivity contribution in [3.05, 3.63) is 40.5 Å². The second-order valence-corrected chi connectivity index (χ2v) is 5.76. The number of benzene rings is 1. The maximum Gasteiger partial charge on any atom is 0.234 e. The lowest BCUT2D eigenvalue weighted by Gasteiger charge is -2.00. The standard InChI is InChI=1S/C13H13BrN2O2S/c1-2-9(17)7-13-15-12(16-18-13)8-19-11-6-4-3-5-10(11)14/h3-6H,2,7-8H2,1H3. The molecule has 1 heterocycles. The zero-order chi connectivity index (χ0) is 13.7. The third-order valence-corrected chi connectivity index (χ3v) is 4.47. The van der Waals surface area contributed by atoms with Gasteiger partial charge in [-0.05, 0) is 28.1 Å². The van der Waals surface area contributed by atoms with Gasteiger partial charge in [-0.2, -0.15) is 4.98 Å². The molecular formula is C13H13BrN2O2S. The van der Waals surface area contributed by atoms with Gasteiger partial charge < -0.3 is 4.52 Å². The molecule has 0 aliphatic heterocycles. The van der Waals surface area contributed by atoms with Gasteiger partial charge >= 0.3 is 0 Å². The van der Waals surface area contributed by atoms with Gasteiger partial charge in [0, 0.05) is 15.8 Å². The van der Waals surface area contributed by atoms with Gasteiger partial charge in [0.2, 0.25) is 5.89 Å². The topological polar surface area (TPSA) is 56.0 Å². The van der Waals surface area contributed by atoms with E-state index in [1.807, 2.05) is 31.2 Å². The number of hydrogen-bond acceptors (Lipinski definition) is 5. The zero-order valence-electron chi connectivity index (χ0n) is 10.4. The van der Waals surface area contributed by atoms with Crippen LogP contribution in [0.5, 0.6) is 0 Å². The lowest BCUT2D eigenvalue weighted by atomic mass is 10.2. The van der Waals surface area contributed by atoms with Gasteiger partial charge in [0.1, 0.15) is 5.78 Å². The van der Waals surface area contributed by atoms with Crippen LogP contribution in [0, 0.1) is 0 Å². The lowest BCUT2D eigenvalue weighted by Crippen LogP contribution is -2.00. The first-order valence-electron chi connectivity index (χ1n) is 5.89. The largest absolute Gasteiger partial charge is 0.339 e. The lowest BCUT2D eigenvalue weighted by molar-refractivity contribution is -0.118. The molecule has 1 aromatic carbocycles. The van der Waals surface area contributed by atoms with E-state index in [0.29, 0.717) is 23.9 Å². The molecule has 0 aliphatic rings. The van der Waals surface area contributed by atoms with Crippen LogP contribution < -0.4 is 0 Å². The van der Waals surface area contributed by atoms with Crippen molar-refractivity contribution in [2.24, 2.45) is 0 Å². The monoisotopic (exact) mass is 340 g/mol. The molecule has 100 valence electrons. The van der Waals surface area contributed by atoms with Crippen molar-refractivity contribution in [2.45, 2.75) is 30.4 Å². The summed E-state index contributed by atoms with van der Waals surface area (Å²) in [4.78, 5) is 16.6. The molecule has 1 aromatic heterocycles. The maximum absolute atomic E-state index is 11.3. The quantitative estimate of drug-likeness (QED) is 0.751. The molecule has 0 bridgehead atoms. The van der Waals surface area contributed by atoms with E-state index in [9.17, 15) is 4.79 Å². The van der Waals surface area contributed by atoms with Crippen molar-refractivity contribution < 1.29 is 9.32 Å². The van der Waals surface area contributed by atoms with Crippen molar-refractivity contribution in [2.75, 3.05) is 0 Å². The molecule has 0 saturated heterocycles. The zero-order valence-corrected chi connectivity index (χ0v) is 12.8. The minimum absolute atomic E-state index is 0.105. The Bertz CT molecular complexity index is 571. The SMILES string of the molecule is CCC(=O)Cc1nc(CSc2ccccc2Br)no1. The van der Waals surface area contributed by atoms with Crippen LogP contribution in [0.25, 0.3) is 0 Å². The summed E-state index contributed by atoms with van der Waals surface area (Å²) < 4.78 is 6.09. The molecule has 0 N–H and O–H groups in total. The summed E-state index contributed by atoms with van der Waals surface area (Å²) in [6.07, 6.45) is 0.715. The Balaban J connectivity index is 1.94. The highest BCUT2D eigenvalue weighted by Gasteiger charge is 2.10. The first kappa shape index (κ1) is 14.3. The van der Waals surface area contributed by atoms with E-state index in [1.54, 1.807) is 11.8 Å². The van der Waals surface area contributed by atoms with E-state index in [1.165, 1.54) is 0 Å². The predicted molar refractivity (Wildman–Crippen MR) is 77.0 cm³/mol. The first-order chi connectivity index (χ1) is 9.19. The number of ketones is 1. The number of hydrogen-bond donors (Lipinski definition) is 0. The van der Waals surface area contributed by atoms with Crippen LogP contribution in [0.4, 0.5) is 0 Å². The molecule has 6 heteroatoms. The Morgan fingerprint density at radius 3 is 2.95 bits per heavy atom. The number of carbonyl (C=O) groups is 1. The third kappa shape index (κ3) is 4.18. The number of rotatable bonds is 6. The Kier molecular flexibility index (Phi) is 5.15. The average Bonchev–Trinajstić information content (AvgIpc) is 2.85. The highest BCUT2D eigenvalue weighted by atomic mass is 79.9. The summed E-state index contributed by atoms with van der Waals surface area (Å²) in [5.41, 5.74) is 0. The van der Waals surface area contributed by atoms with Crippen LogP contribution in [-0.2, 0) is 17.0 Å². The number of thioether (sulfide) groups is 1. The molecule has 4 nitrogen and oxygen atoms in total. The molecule has 0 amide bonds. The van der Waals surface area contributed by atoms with E-state index >= 15 is 0 Å². The summed E-state index contributed by atoms with van der Waals surface area (Å²) in [5, 5.41) is 3.87. The molecule has 0 aliphatic carbocycles. The van der Waals surface area contributed by atoms with Crippen molar-refractivity contribution in [3.63, 3.8) is 0 Å². The maximum atomic E-state index is 11.3. The molecule has 0 fully saturated rings. The molecule has 2 rings (SSSR count). The summed E-state index contributed by atoms with van der Waals surface area (Å²) in [5.74, 6) is 1.73. The van der Waals surface area contributed by atoms with Gasteiger partial charge in [-0.3, -0.25) is 4.79 Å². The fraction of sp³-hybridized carbons (Fsp3) is 0.308. The fourth-order valence-corrected chi connectivity index (χ4v) is 2.83. The van der Waals surface area contributed by atoms with Gasteiger partial charge in [-0.1, -0.05) is 24.2 Å². The molecule has 0 unspecified atom stereocenters. The van der Waals surface area contributed by atoms with Crippen LogP contribution >= 0.6 is 27.7 Å². The van der Waals surface area contributed by atoms with Crippen molar-refractivity contribution in [1.82, 2.24) is 10.1 Å².